The maximum Gasteiger partial charge on any atom is 0.320 e. The van der Waals surface area contributed by atoms with Crippen LogP contribution in [0.15, 0.2) is 0 Å². The molecule has 7 nitrogen and oxygen atoms in total. The van der Waals surface area contributed by atoms with Crippen LogP contribution in [0.1, 0.15) is 32.6 Å². The minimum atomic E-state index is -0.881. The Morgan fingerprint density at radius 2 is 1.95 bits per heavy atom. The summed E-state index contributed by atoms with van der Waals surface area (Å²) in [4.78, 5) is 39.0. The van der Waals surface area contributed by atoms with Gasteiger partial charge in [-0.1, -0.05) is 0 Å². The molecule has 2 rings (SSSR count). The van der Waals surface area contributed by atoms with Crippen LogP contribution in [-0.2, 0) is 9.59 Å². The van der Waals surface area contributed by atoms with E-state index in [4.69, 9.17) is 0 Å². The fourth-order valence-electron chi connectivity index (χ4n) is 3.08. The number of nitrogens with zero attached hydrogens (tertiary/aromatic N) is 2. The molecule has 0 radical (unpaired) electrons. The van der Waals surface area contributed by atoms with Gasteiger partial charge < -0.3 is 20.2 Å². The zero-order valence-corrected chi connectivity index (χ0v) is 12.6. The molecule has 2 heterocycles. The average Bonchev–Trinajstić information content (AvgIpc) is 2.89. The molecule has 2 aliphatic rings. The number of carboxylic acids is 1. The Labute approximate surface area is 124 Å². The summed E-state index contributed by atoms with van der Waals surface area (Å²) >= 11 is 0. The quantitative estimate of drug-likeness (QED) is 0.777. The molecule has 2 atom stereocenters. The van der Waals surface area contributed by atoms with E-state index in [-0.39, 0.29) is 18.5 Å². The summed E-state index contributed by atoms with van der Waals surface area (Å²) in [5.74, 6) is -1.03. The maximum absolute atomic E-state index is 12.6. The molecule has 2 fully saturated rings. The summed E-state index contributed by atoms with van der Waals surface area (Å²) in [6.07, 6.45) is 2.92. The minimum absolute atomic E-state index is 0.150. The molecule has 118 valence electrons. The molecule has 21 heavy (non-hydrogen) atoms. The predicted molar refractivity (Wildman–Crippen MR) is 75.7 cm³/mol. The van der Waals surface area contributed by atoms with E-state index in [0.29, 0.717) is 25.9 Å². The van der Waals surface area contributed by atoms with E-state index in [1.807, 2.05) is 0 Å². The number of rotatable bonds is 2. The topological polar surface area (TPSA) is 90.0 Å². The Balaban J connectivity index is 2.08. The third kappa shape index (κ3) is 2.96. The largest absolute Gasteiger partial charge is 0.481 e. The highest BCUT2D eigenvalue weighted by atomic mass is 16.4. The van der Waals surface area contributed by atoms with E-state index in [0.717, 1.165) is 12.8 Å². The van der Waals surface area contributed by atoms with Crippen LogP contribution >= 0.6 is 0 Å². The summed E-state index contributed by atoms with van der Waals surface area (Å²) in [5, 5.41) is 11.8. The molecule has 7 heteroatoms. The number of likely N-dealkylation sites (N-methyl/N-ethyl adjacent to an activating group) is 1. The van der Waals surface area contributed by atoms with Crippen LogP contribution in [0.5, 0.6) is 0 Å². The molecule has 0 aromatic carbocycles. The molecule has 2 saturated heterocycles. The second-order valence-corrected chi connectivity index (χ2v) is 6.14. The molecule has 3 amide bonds. The second-order valence-electron chi connectivity index (χ2n) is 6.14. The summed E-state index contributed by atoms with van der Waals surface area (Å²) in [6, 6.07) is -0.652. The van der Waals surface area contributed by atoms with Crippen LogP contribution < -0.4 is 5.32 Å². The summed E-state index contributed by atoms with van der Waals surface area (Å²) in [7, 11) is 1.57. The van der Waals surface area contributed by atoms with Crippen molar-refractivity contribution in [2.45, 2.75) is 38.6 Å². The Bertz CT molecular complexity index is 454. The number of amides is 3. The molecule has 2 unspecified atom stereocenters. The number of carboxylic acid groups (broad SMARTS) is 1. The maximum atomic E-state index is 12.6. The van der Waals surface area contributed by atoms with E-state index >= 15 is 0 Å². The van der Waals surface area contributed by atoms with Crippen molar-refractivity contribution in [3.63, 3.8) is 0 Å². The van der Waals surface area contributed by atoms with Crippen LogP contribution in [0.4, 0.5) is 4.79 Å². The molecule has 0 saturated carbocycles. The molecule has 0 bridgehead atoms. The molecule has 2 aliphatic heterocycles. The Kier molecular flexibility index (Phi) is 4.39. The number of piperidine rings is 1. The fraction of sp³-hybridized carbons (Fsp3) is 0.786. The highest BCUT2D eigenvalue weighted by Crippen LogP contribution is 2.31. The number of carbonyl (C=O) groups is 3. The van der Waals surface area contributed by atoms with Crippen LogP contribution in [0.25, 0.3) is 0 Å². The number of hydrogen-bond donors (Lipinski definition) is 2. The molecular weight excluding hydrogens is 274 g/mol. The number of likely N-dealkylation sites (tertiary alicyclic amines) is 2. The van der Waals surface area contributed by atoms with E-state index in [9.17, 15) is 19.5 Å². The molecule has 0 spiro atoms. The van der Waals surface area contributed by atoms with Gasteiger partial charge in [0.15, 0.2) is 0 Å². The number of carbonyl (C=O) groups excluding carboxylic acids is 2. The smallest absolute Gasteiger partial charge is 0.320 e. The van der Waals surface area contributed by atoms with E-state index in [1.54, 1.807) is 23.8 Å². The van der Waals surface area contributed by atoms with Gasteiger partial charge in [0, 0.05) is 26.7 Å². The molecule has 0 aromatic rings. The van der Waals surface area contributed by atoms with Gasteiger partial charge in [-0.15, -0.1) is 0 Å². The van der Waals surface area contributed by atoms with Gasteiger partial charge in [-0.25, -0.2) is 4.79 Å². The van der Waals surface area contributed by atoms with Crippen molar-refractivity contribution in [1.29, 1.82) is 0 Å². The van der Waals surface area contributed by atoms with Gasteiger partial charge in [-0.05, 0) is 32.6 Å². The molecule has 0 aromatic heterocycles. The summed E-state index contributed by atoms with van der Waals surface area (Å²) in [6.45, 7) is 2.85. The lowest BCUT2D eigenvalue weighted by Crippen LogP contribution is -2.55. The molecular formula is C14H23N3O4. The van der Waals surface area contributed by atoms with Crippen molar-refractivity contribution in [3.8, 4) is 0 Å². The SMILES string of the molecule is CNC(=O)C1CCCCN1C(=O)N1CCC(C)(C(=O)O)C1. The van der Waals surface area contributed by atoms with Gasteiger partial charge >= 0.3 is 12.0 Å². The van der Waals surface area contributed by atoms with Gasteiger partial charge in [0.05, 0.1) is 5.41 Å². The van der Waals surface area contributed by atoms with Crippen molar-refractivity contribution < 1.29 is 19.5 Å². The van der Waals surface area contributed by atoms with Crippen LogP contribution in [-0.4, -0.2) is 65.5 Å². The lowest BCUT2D eigenvalue weighted by atomic mass is 9.90. The Hall–Kier alpha value is -1.79. The standard InChI is InChI=1S/C14H23N3O4/c1-14(12(19)20)6-8-16(9-14)13(21)17-7-4-3-5-10(17)11(18)15-2/h10H,3-9H2,1-2H3,(H,15,18)(H,19,20). The number of aliphatic carboxylic acids is 1. The predicted octanol–water partition coefficient (Wildman–Crippen LogP) is 0.504. The van der Waals surface area contributed by atoms with Gasteiger partial charge in [0.1, 0.15) is 6.04 Å². The first-order chi connectivity index (χ1) is 9.89. The van der Waals surface area contributed by atoms with Crippen molar-refractivity contribution in [3.05, 3.63) is 0 Å². The lowest BCUT2D eigenvalue weighted by molar-refractivity contribution is -0.147. The molecule has 2 N–H and O–H groups in total. The average molecular weight is 297 g/mol. The van der Waals surface area contributed by atoms with Crippen LogP contribution in [0.3, 0.4) is 0 Å². The Morgan fingerprint density at radius 1 is 1.24 bits per heavy atom. The number of urea groups is 1. The van der Waals surface area contributed by atoms with Gasteiger partial charge in [0.25, 0.3) is 0 Å². The Morgan fingerprint density at radius 3 is 2.52 bits per heavy atom. The first-order valence-electron chi connectivity index (χ1n) is 7.39. The first kappa shape index (κ1) is 15.6. The van der Waals surface area contributed by atoms with Gasteiger partial charge in [-0.3, -0.25) is 9.59 Å². The highest BCUT2D eigenvalue weighted by Gasteiger charge is 2.44. The highest BCUT2D eigenvalue weighted by molar-refractivity contribution is 5.87. The summed E-state index contributed by atoms with van der Waals surface area (Å²) < 4.78 is 0. The molecule has 0 aliphatic carbocycles. The third-order valence-corrected chi connectivity index (χ3v) is 4.56. The number of nitrogens with one attached hydrogen (secondary N) is 1. The van der Waals surface area contributed by atoms with Crippen molar-refractivity contribution in [2.75, 3.05) is 26.7 Å². The zero-order chi connectivity index (χ0) is 15.6. The zero-order valence-electron chi connectivity index (χ0n) is 12.6. The van der Waals surface area contributed by atoms with Crippen molar-refractivity contribution in [2.24, 2.45) is 5.41 Å². The minimum Gasteiger partial charge on any atom is -0.481 e. The van der Waals surface area contributed by atoms with Crippen LogP contribution in [0.2, 0.25) is 0 Å². The monoisotopic (exact) mass is 297 g/mol. The second kappa shape index (κ2) is 5.91. The normalized spacial score (nSPS) is 29.3. The van der Waals surface area contributed by atoms with Gasteiger partial charge in [0.2, 0.25) is 5.91 Å². The van der Waals surface area contributed by atoms with Crippen molar-refractivity contribution in [1.82, 2.24) is 15.1 Å². The summed E-state index contributed by atoms with van der Waals surface area (Å²) in [5.41, 5.74) is -0.881. The first-order valence-corrected chi connectivity index (χ1v) is 7.39. The van der Waals surface area contributed by atoms with E-state index in [1.165, 1.54) is 0 Å². The van der Waals surface area contributed by atoms with Crippen LogP contribution in [0, 0.1) is 5.41 Å². The van der Waals surface area contributed by atoms with Gasteiger partial charge in [-0.2, -0.15) is 0 Å². The fourth-order valence-corrected chi connectivity index (χ4v) is 3.08. The van der Waals surface area contributed by atoms with E-state index < -0.39 is 17.4 Å². The number of hydrogen-bond acceptors (Lipinski definition) is 3. The third-order valence-electron chi connectivity index (χ3n) is 4.56. The lowest BCUT2D eigenvalue weighted by Gasteiger charge is -2.37. The van der Waals surface area contributed by atoms with Crippen molar-refractivity contribution >= 4 is 17.9 Å². The van der Waals surface area contributed by atoms with E-state index in [2.05, 4.69) is 5.32 Å².